The molecule has 0 radical (unpaired) electrons. The molecule has 0 heterocycles. The molecule has 5 nitrogen and oxygen atoms in total. The number of esters is 1. The third-order valence-corrected chi connectivity index (χ3v) is 4.16. The molecule has 0 spiro atoms. The average Bonchev–Trinajstić information content (AvgIpc) is 2.56. The first kappa shape index (κ1) is 19.9. The summed E-state index contributed by atoms with van der Waals surface area (Å²) in [5.41, 5.74) is 0.693. The molecule has 132 valence electrons. The number of Topliss-reactive ketones (excluding diaryl/α,β-unsaturated/α-hetero) is 1. The van der Waals surface area contributed by atoms with Gasteiger partial charge in [0.25, 0.3) is 0 Å². The minimum Gasteiger partial charge on any atom is -0.478 e. The molecule has 0 fully saturated rings. The second kappa shape index (κ2) is 9.21. The van der Waals surface area contributed by atoms with E-state index in [4.69, 9.17) is 9.84 Å². The van der Waals surface area contributed by atoms with E-state index in [0.29, 0.717) is 32.1 Å². The van der Waals surface area contributed by atoms with Crippen LogP contribution < -0.4 is 0 Å². The number of ether oxygens (including phenoxy) is 1. The van der Waals surface area contributed by atoms with Gasteiger partial charge in [-0.3, -0.25) is 9.59 Å². The fourth-order valence-electron chi connectivity index (χ4n) is 2.00. The number of aryl methyl sites for hydroxylation is 1. The van der Waals surface area contributed by atoms with E-state index < -0.39 is 11.4 Å². The van der Waals surface area contributed by atoms with Gasteiger partial charge in [0.2, 0.25) is 0 Å². The van der Waals surface area contributed by atoms with Gasteiger partial charge in [0.1, 0.15) is 5.78 Å². The molecule has 1 aromatic carbocycles. The van der Waals surface area contributed by atoms with E-state index in [1.807, 2.05) is 20.8 Å². The Hall–Kier alpha value is -2.17. The fourth-order valence-corrected chi connectivity index (χ4v) is 2.00. The van der Waals surface area contributed by atoms with E-state index in [2.05, 4.69) is 0 Å². The summed E-state index contributed by atoms with van der Waals surface area (Å²) >= 11 is 0. The highest BCUT2D eigenvalue weighted by Gasteiger charge is 2.26. The van der Waals surface area contributed by atoms with Crippen LogP contribution in [-0.2, 0) is 20.7 Å². The summed E-state index contributed by atoms with van der Waals surface area (Å²) in [6.45, 7) is 5.89. The Balaban J connectivity index is 2.25. The van der Waals surface area contributed by atoms with Crippen molar-refractivity contribution >= 4 is 17.7 Å². The minimum absolute atomic E-state index is 0.114. The zero-order valence-corrected chi connectivity index (χ0v) is 14.6. The quantitative estimate of drug-likeness (QED) is 0.522. The van der Waals surface area contributed by atoms with Gasteiger partial charge in [-0.15, -0.1) is 0 Å². The maximum atomic E-state index is 11.9. The second-order valence-corrected chi connectivity index (χ2v) is 6.52. The van der Waals surface area contributed by atoms with Gasteiger partial charge >= 0.3 is 11.9 Å². The lowest BCUT2D eigenvalue weighted by atomic mass is 9.91. The number of carboxylic acid groups (broad SMARTS) is 1. The topological polar surface area (TPSA) is 80.7 Å². The molecular weight excluding hydrogens is 308 g/mol. The summed E-state index contributed by atoms with van der Waals surface area (Å²) in [5, 5.41) is 8.83. The Morgan fingerprint density at radius 3 is 2.25 bits per heavy atom. The van der Waals surface area contributed by atoms with Gasteiger partial charge in [-0.1, -0.05) is 19.1 Å². The molecule has 1 rings (SSSR count). The monoisotopic (exact) mass is 334 g/mol. The summed E-state index contributed by atoms with van der Waals surface area (Å²) in [6, 6.07) is 6.53. The van der Waals surface area contributed by atoms with Crippen LogP contribution in [0.25, 0.3) is 0 Å². The Morgan fingerprint density at radius 2 is 1.71 bits per heavy atom. The summed E-state index contributed by atoms with van der Waals surface area (Å²) in [6.07, 6.45) is 2.61. The van der Waals surface area contributed by atoms with Gasteiger partial charge in [0.05, 0.1) is 17.6 Å². The number of hydrogen-bond donors (Lipinski definition) is 1. The predicted octanol–water partition coefficient (Wildman–Crippen LogP) is 3.65. The van der Waals surface area contributed by atoms with Crippen LogP contribution in [0.5, 0.6) is 0 Å². The van der Waals surface area contributed by atoms with Crippen LogP contribution in [0, 0.1) is 5.41 Å². The lowest BCUT2D eigenvalue weighted by molar-refractivity contribution is -0.154. The Labute approximate surface area is 143 Å². The molecule has 0 saturated carbocycles. The maximum absolute atomic E-state index is 11.9. The van der Waals surface area contributed by atoms with E-state index in [1.54, 1.807) is 12.1 Å². The second-order valence-electron chi connectivity index (χ2n) is 6.52. The van der Waals surface area contributed by atoms with Crippen LogP contribution in [0.3, 0.4) is 0 Å². The van der Waals surface area contributed by atoms with Crippen molar-refractivity contribution in [2.45, 2.75) is 52.9 Å². The van der Waals surface area contributed by atoms with Crippen molar-refractivity contribution in [3.8, 4) is 0 Å². The van der Waals surface area contributed by atoms with E-state index in [9.17, 15) is 14.4 Å². The standard InChI is InChI=1S/C19H26O5/c1-4-19(2,3)18(23)24-13-5-6-16(20)12-9-14-7-10-15(11-8-14)17(21)22/h7-8,10-11H,4-6,9,12-13H2,1-3H3,(H,21,22). The molecule has 0 amide bonds. The molecule has 0 atom stereocenters. The Morgan fingerprint density at radius 1 is 1.08 bits per heavy atom. The van der Waals surface area contributed by atoms with E-state index >= 15 is 0 Å². The number of rotatable bonds is 10. The molecule has 0 bridgehead atoms. The van der Waals surface area contributed by atoms with Crippen molar-refractivity contribution in [1.29, 1.82) is 0 Å². The zero-order valence-electron chi connectivity index (χ0n) is 14.6. The van der Waals surface area contributed by atoms with Gasteiger partial charge in [0, 0.05) is 12.8 Å². The molecule has 1 aromatic rings. The molecule has 0 aromatic heterocycles. The van der Waals surface area contributed by atoms with Gasteiger partial charge in [-0.2, -0.15) is 0 Å². The maximum Gasteiger partial charge on any atom is 0.335 e. The number of carboxylic acids is 1. The van der Waals surface area contributed by atoms with Crippen molar-refractivity contribution in [3.63, 3.8) is 0 Å². The zero-order chi connectivity index (χ0) is 18.2. The van der Waals surface area contributed by atoms with Gasteiger partial charge in [-0.25, -0.2) is 4.79 Å². The number of benzene rings is 1. The molecule has 0 aliphatic carbocycles. The lowest BCUT2D eigenvalue weighted by Gasteiger charge is -2.20. The first-order valence-corrected chi connectivity index (χ1v) is 8.27. The van der Waals surface area contributed by atoms with Crippen molar-refractivity contribution < 1.29 is 24.2 Å². The third-order valence-electron chi connectivity index (χ3n) is 4.16. The Bertz CT molecular complexity index is 572. The van der Waals surface area contributed by atoms with E-state index in [0.717, 1.165) is 5.56 Å². The molecule has 0 aliphatic rings. The van der Waals surface area contributed by atoms with Crippen LogP contribution in [0.4, 0.5) is 0 Å². The fraction of sp³-hybridized carbons (Fsp3) is 0.526. The van der Waals surface area contributed by atoms with Crippen molar-refractivity contribution in [2.75, 3.05) is 6.61 Å². The third kappa shape index (κ3) is 6.52. The van der Waals surface area contributed by atoms with Crippen LogP contribution in [-0.4, -0.2) is 29.4 Å². The van der Waals surface area contributed by atoms with E-state index in [-0.39, 0.29) is 23.9 Å². The number of ketones is 1. The lowest BCUT2D eigenvalue weighted by Crippen LogP contribution is -2.26. The minimum atomic E-state index is -0.960. The van der Waals surface area contributed by atoms with Crippen LogP contribution in [0.2, 0.25) is 0 Å². The molecule has 0 aliphatic heterocycles. The first-order valence-electron chi connectivity index (χ1n) is 8.27. The van der Waals surface area contributed by atoms with E-state index in [1.165, 1.54) is 12.1 Å². The van der Waals surface area contributed by atoms with Gasteiger partial charge < -0.3 is 9.84 Å². The average molecular weight is 334 g/mol. The molecule has 5 heteroatoms. The first-order chi connectivity index (χ1) is 11.3. The normalized spacial score (nSPS) is 11.1. The highest BCUT2D eigenvalue weighted by Crippen LogP contribution is 2.21. The number of carbonyl (C=O) groups excluding carboxylic acids is 2. The van der Waals surface area contributed by atoms with Crippen molar-refractivity contribution in [2.24, 2.45) is 5.41 Å². The predicted molar refractivity (Wildman–Crippen MR) is 91.0 cm³/mol. The van der Waals surface area contributed by atoms with Crippen molar-refractivity contribution in [1.82, 2.24) is 0 Å². The molecule has 1 N–H and O–H groups in total. The van der Waals surface area contributed by atoms with Gasteiger partial charge in [0.15, 0.2) is 0 Å². The SMILES string of the molecule is CCC(C)(C)C(=O)OCCCC(=O)CCc1ccc(C(=O)O)cc1. The Kier molecular flexibility index (Phi) is 7.62. The number of hydrogen-bond acceptors (Lipinski definition) is 4. The number of aromatic carboxylic acids is 1. The smallest absolute Gasteiger partial charge is 0.335 e. The number of carbonyl (C=O) groups is 3. The van der Waals surface area contributed by atoms with Crippen LogP contribution >= 0.6 is 0 Å². The molecule has 0 saturated heterocycles. The summed E-state index contributed by atoms with van der Waals surface area (Å²) in [4.78, 5) is 34.4. The largest absolute Gasteiger partial charge is 0.478 e. The summed E-state index contributed by atoms with van der Waals surface area (Å²) < 4.78 is 5.20. The van der Waals surface area contributed by atoms with Gasteiger partial charge in [-0.05, 0) is 50.8 Å². The van der Waals surface area contributed by atoms with Crippen molar-refractivity contribution in [3.05, 3.63) is 35.4 Å². The van der Waals surface area contributed by atoms with Crippen LogP contribution in [0.15, 0.2) is 24.3 Å². The van der Waals surface area contributed by atoms with Crippen LogP contribution in [0.1, 0.15) is 62.4 Å². The summed E-state index contributed by atoms with van der Waals surface area (Å²) in [7, 11) is 0. The summed E-state index contributed by atoms with van der Waals surface area (Å²) in [5.74, 6) is -1.07. The highest BCUT2D eigenvalue weighted by atomic mass is 16.5. The highest BCUT2D eigenvalue weighted by molar-refractivity contribution is 5.87. The molecular formula is C19H26O5. The molecule has 0 unspecified atom stereocenters. The molecule has 24 heavy (non-hydrogen) atoms.